The topological polar surface area (TPSA) is 40.2 Å². The minimum absolute atomic E-state index is 0.555. The van der Waals surface area contributed by atoms with Crippen LogP contribution in [0.2, 0.25) is 6.04 Å². The summed E-state index contributed by atoms with van der Waals surface area (Å²) in [6.07, 6.45) is 9.11. The SMILES string of the molecule is CCCO[Si](CCC1CCC2OC2C1)(OCCC)OCCC. The highest BCUT2D eigenvalue weighted by atomic mass is 28.4. The zero-order chi connectivity index (χ0) is 15.8. The van der Waals surface area contributed by atoms with Gasteiger partial charge in [0.1, 0.15) is 0 Å². The second-order valence-corrected chi connectivity index (χ2v) is 9.39. The van der Waals surface area contributed by atoms with E-state index in [1.807, 2.05) is 0 Å². The third-order valence-electron chi connectivity index (χ3n) is 4.55. The van der Waals surface area contributed by atoms with Crippen LogP contribution in [-0.4, -0.2) is 40.8 Å². The molecular weight excluding hydrogens is 296 g/mol. The van der Waals surface area contributed by atoms with E-state index in [9.17, 15) is 0 Å². The zero-order valence-corrected chi connectivity index (χ0v) is 15.6. The van der Waals surface area contributed by atoms with Crippen LogP contribution < -0.4 is 0 Å². The summed E-state index contributed by atoms with van der Waals surface area (Å²) >= 11 is 0. The molecule has 1 aliphatic heterocycles. The van der Waals surface area contributed by atoms with E-state index in [2.05, 4.69) is 20.8 Å². The van der Waals surface area contributed by atoms with Crippen LogP contribution in [0.1, 0.15) is 65.7 Å². The fourth-order valence-corrected chi connectivity index (χ4v) is 6.23. The molecule has 0 bridgehead atoms. The zero-order valence-electron chi connectivity index (χ0n) is 14.6. The summed E-state index contributed by atoms with van der Waals surface area (Å²) in [6, 6.07) is 0.967. The Morgan fingerprint density at radius 1 is 0.864 bits per heavy atom. The Bertz CT molecular complexity index is 291. The highest BCUT2D eigenvalue weighted by Gasteiger charge is 2.46. The average Bonchev–Trinajstić information content (AvgIpc) is 3.32. The van der Waals surface area contributed by atoms with E-state index in [-0.39, 0.29) is 0 Å². The van der Waals surface area contributed by atoms with Crippen molar-refractivity contribution in [2.24, 2.45) is 5.92 Å². The standard InChI is InChI=1S/C17H34O4Si/c1-4-10-18-22(19-11-5-2,20-12-6-3)13-9-15-7-8-16-17(14-15)21-16/h15-17H,4-14H2,1-3H3. The maximum absolute atomic E-state index is 6.17. The molecule has 2 rings (SSSR count). The molecule has 1 heterocycles. The van der Waals surface area contributed by atoms with Crippen molar-refractivity contribution in [1.29, 1.82) is 0 Å². The third kappa shape index (κ3) is 5.60. The summed E-state index contributed by atoms with van der Waals surface area (Å²) in [5, 5.41) is 0. The molecule has 22 heavy (non-hydrogen) atoms. The molecule has 0 aromatic rings. The molecular formula is C17H34O4Si. The molecule has 0 aromatic carbocycles. The van der Waals surface area contributed by atoms with Gasteiger partial charge in [-0.25, -0.2) is 0 Å². The van der Waals surface area contributed by atoms with Crippen molar-refractivity contribution < 1.29 is 18.0 Å². The summed E-state index contributed by atoms with van der Waals surface area (Å²) in [6.45, 7) is 8.67. The van der Waals surface area contributed by atoms with Crippen LogP contribution in [-0.2, 0) is 18.0 Å². The van der Waals surface area contributed by atoms with Gasteiger partial charge >= 0.3 is 8.80 Å². The van der Waals surface area contributed by atoms with E-state index < -0.39 is 8.80 Å². The number of hydrogen-bond donors (Lipinski definition) is 0. The van der Waals surface area contributed by atoms with Crippen LogP contribution in [0.15, 0.2) is 0 Å². The van der Waals surface area contributed by atoms with Crippen molar-refractivity contribution in [3.63, 3.8) is 0 Å². The van der Waals surface area contributed by atoms with E-state index >= 15 is 0 Å². The smallest absolute Gasteiger partial charge is 0.373 e. The van der Waals surface area contributed by atoms with Gasteiger partial charge in [0.15, 0.2) is 0 Å². The average molecular weight is 331 g/mol. The lowest BCUT2D eigenvalue weighted by Crippen LogP contribution is -2.47. The van der Waals surface area contributed by atoms with E-state index in [4.69, 9.17) is 18.0 Å². The Morgan fingerprint density at radius 2 is 1.45 bits per heavy atom. The molecule has 2 fully saturated rings. The second kappa shape index (κ2) is 9.38. The molecule has 0 amide bonds. The van der Waals surface area contributed by atoms with Gasteiger partial charge in [0.25, 0.3) is 0 Å². The quantitative estimate of drug-likeness (QED) is 0.398. The molecule has 1 saturated heterocycles. The normalized spacial score (nSPS) is 27.7. The monoisotopic (exact) mass is 330 g/mol. The van der Waals surface area contributed by atoms with E-state index in [0.717, 1.165) is 57.5 Å². The number of hydrogen-bond acceptors (Lipinski definition) is 4. The largest absolute Gasteiger partial charge is 0.500 e. The van der Waals surface area contributed by atoms with Crippen molar-refractivity contribution in [2.75, 3.05) is 19.8 Å². The lowest BCUT2D eigenvalue weighted by atomic mass is 9.88. The maximum atomic E-state index is 6.17. The number of epoxide rings is 1. The third-order valence-corrected chi connectivity index (χ3v) is 7.38. The summed E-state index contributed by atoms with van der Waals surface area (Å²) < 4.78 is 24.2. The number of fused-ring (bicyclic) bond motifs is 1. The predicted octanol–water partition coefficient (Wildman–Crippen LogP) is 4.16. The molecule has 2 aliphatic rings. The van der Waals surface area contributed by atoms with Crippen LogP contribution in [0, 0.1) is 5.92 Å². The minimum Gasteiger partial charge on any atom is -0.373 e. The van der Waals surface area contributed by atoms with E-state index in [0.29, 0.717) is 12.2 Å². The molecule has 0 N–H and O–H groups in total. The van der Waals surface area contributed by atoms with Gasteiger partial charge in [-0.05, 0) is 50.9 Å². The Kier molecular flexibility index (Phi) is 7.84. The van der Waals surface area contributed by atoms with Gasteiger partial charge < -0.3 is 18.0 Å². The summed E-state index contributed by atoms with van der Waals surface area (Å²) in [7, 11) is -2.49. The van der Waals surface area contributed by atoms with Gasteiger partial charge in [0.05, 0.1) is 12.2 Å². The first-order valence-electron chi connectivity index (χ1n) is 9.30. The molecule has 1 aliphatic carbocycles. The van der Waals surface area contributed by atoms with Gasteiger partial charge in [0, 0.05) is 25.9 Å². The maximum Gasteiger partial charge on any atom is 0.500 e. The molecule has 3 unspecified atom stereocenters. The first kappa shape index (κ1) is 18.4. The molecule has 0 aromatic heterocycles. The first-order valence-corrected chi connectivity index (χ1v) is 11.2. The summed E-state index contributed by atoms with van der Waals surface area (Å²) in [5.41, 5.74) is 0. The minimum atomic E-state index is -2.49. The highest BCUT2D eigenvalue weighted by Crippen LogP contribution is 2.41. The van der Waals surface area contributed by atoms with Crippen molar-refractivity contribution >= 4 is 8.80 Å². The molecule has 0 radical (unpaired) electrons. The van der Waals surface area contributed by atoms with Gasteiger partial charge in [-0.3, -0.25) is 0 Å². The molecule has 3 atom stereocenters. The Labute approximate surface area is 137 Å². The van der Waals surface area contributed by atoms with Crippen molar-refractivity contribution in [1.82, 2.24) is 0 Å². The predicted molar refractivity (Wildman–Crippen MR) is 89.9 cm³/mol. The van der Waals surface area contributed by atoms with Crippen LogP contribution in [0.25, 0.3) is 0 Å². The summed E-state index contributed by atoms with van der Waals surface area (Å²) in [4.78, 5) is 0. The van der Waals surface area contributed by atoms with Gasteiger partial charge in [-0.15, -0.1) is 0 Å². The van der Waals surface area contributed by atoms with E-state index in [1.54, 1.807) is 0 Å². The van der Waals surface area contributed by atoms with Crippen molar-refractivity contribution in [3.8, 4) is 0 Å². The Balaban J connectivity index is 1.86. The molecule has 1 saturated carbocycles. The van der Waals surface area contributed by atoms with Crippen LogP contribution >= 0.6 is 0 Å². The van der Waals surface area contributed by atoms with E-state index in [1.165, 1.54) is 19.3 Å². The van der Waals surface area contributed by atoms with Crippen molar-refractivity contribution in [3.05, 3.63) is 0 Å². The van der Waals surface area contributed by atoms with Crippen molar-refractivity contribution in [2.45, 2.75) is 84.0 Å². The Hall–Kier alpha value is 0.0569. The molecule has 130 valence electrons. The number of rotatable bonds is 12. The molecule has 4 nitrogen and oxygen atoms in total. The van der Waals surface area contributed by atoms with Gasteiger partial charge in [-0.2, -0.15) is 0 Å². The number of ether oxygens (including phenoxy) is 1. The molecule has 0 spiro atoms. The fraction of sp³-hybridized carbons (Fsp3) is 1.00. The van der Waals surface area contributed by atoms with Crippen LogP contribution in [0.3, 0.4) is 0 Å². The van der Waals surface area contributed by atoms with Gasteiger partial charge in [0.2, 0.25) is 0 Å². The Morgan fingerprint density at radius 3 is 1.95 bits per heavy atom. The first-order chi connectivity index (χ1) is 10.7. The summed E-state index contributed by atoms with van der Waals surface area (Å²) in [5.74, 6) is 0.760. The van der Waals surface area contributed by atoms with Crippen LogP contribution in [0.5, 0.6) is 0 Å². The molecule has 5 heteroatoms. The fourth-order valence-electron chi connectivity index (χ4n) is 3.24. The lowest BCUT2D eigenvalue weighted by Gasteiger charge is -2.31. The van der Waals surface area contributed by atoms with Gasteiger partial charge in [-0.1, -0.05) is 20.8 Å². The van der Waals surface area contributed by atoms with Crippen LogP contribution in [0.4, 0.5) is 0 Å². The highest BCUT2D eigenvalue weighted by molar-refractivity contribution is 6.60. The second-order valence-electron chi connectivity index (χ2n) is 6.66. The lowest BCUT2D eigenvalue weighted by molar-refractivity contribution is 0.0572.